The van der Waals surface area contributed by atoms with E-state index in [0.29, 0.717) is 17.3 Å². The first-order chi connectivity index (χ1) is 11.9. The molecule has 2 atom stereocenters. The van der Waals surface area contributed by atoms with Crippen molar-refractivity contribution in [2.75, 3.05) is 11.9 Å². The molecule has 4 nitrogen and oxygen atoms in total. The van der Waals surface area contributed by atoms with Crippen molar-refractivity contribution in [3.8, 4) is 0 Å². The molecule has 1 N–H and O–H groups in total. The van der Waals surface area contributed by atoms with Crippen LogP contribution in [0.2, 0.25) is 0 Å². The molecule has 26 heavy (non-hydrogen) atoms. The first-order valence-electron chi connectivity index (χ1n) is 9.62. The van der Waals surface area contributed by atoms with Crippen molar-refractivity contribution in [3.05, 3.63) is 29.8 Å². The predicted octanol–water partition coefficient (Wildman–Crippen LogP) is 4.71. The number of hydrogen-bond acceptors (Lipinski definition) is 2. The van der Waals surface area contributed by atoms with E-state index in [4.69, 9.17) is 0 Å². The van der Waals surface area contributed by atoms with Crippen LogP contribution in [0.15, 0.2) is 24.3 Å². The van der Waals surface area contributed by atoms with E-state index in [2.05, 4.69) is 31.0 Å². The SMILES string of the molecule is CC1(C)C[C@@H]2C[C@@](C)(CN2C(=O)c2ccccc2NC(=O)C(C)(C)C)C1. The largest absolute Gasteiger partial charge is 0.335 e. The van der Waals surface area contributed by atoms with Gasteiger partial charge in [-0.15, -0.1) is 0 Å². The maximum atomic E-state index is 13.4. The normalized spacial score (nSPS) is 27.3. The van der Waals surface area contributed by atoms with Gasteiger partial charge in [0.1, 0.15) is 0 Å². The number of nitrogens with one attached hydrogen (secondary N) is 1. The minimum Gasteiger partial charge on any atom is -0.335 e. The fourth-order valence-corrected chi connectivity index (χ4v) is 4.94. The second kappa shape index (κ2) is 6.11. The summed E-state index contributed by atoms with van der Waals surface area (Å²) in [7, 11) is 0. The molecule has 1 aliphatic carbocycles. The van der Waals surface area contributed by atoms with Gasteiger partial charge in [-0.25, -0.2) is 0 Å². The van der Waals surface area contributed by atoms with Crippen LogP contribution in [0.25, 0.3) is 0 Å². The molecular formula is C22H32N2O2. The van der Waals surface area contributed by atoms with Gasteiger partial charge in [0, 0.05) is 18.0 Å². The Balaban J connectivity index is 1.87. The van der Waals surface area contributed by atoms with Gasteiger partial charge in [-0.1, -0.05) is 53.7 Å². The standard InChI is InChI=1S/C22H32N2O2/c1-20(2,3)19(26)23-17-10-8-7-9-16(17)18(25)24-14-22(6)12-15(24)11-21(4,5)13-22/h7-10,15H,11-14H2,1-6H3,(H,23,26)/t15-,22-/m1/s1. The van der Waals surface area contributed by atoms with E-state index >= 15 is 0 Å². The van der Waals surface area contributed by atoms with Gasteiger partial charge in [-0.3, -0.25) is 9.59 Å². The Kier molecular flexibility index (Phi) is 4.45. The lowest BCUT2D eigenvalue weighted by molar-refractivity contribution is -0.123. The third-order valence-electron chi connectivity index (χ3n) is 5.76. The van der Waals surface area contributed by atoms with Crippen LogP contribution in [-0.2, 0) is 4.79 Å². The molecule has 2 amide bonds. The number of carbonyl (C=O) groups is 2. The maximum absolute atomic E-state index is 13.4. The second-order valence-electron chi connectivity index (χ2n) is 10.4. The molecule has 1 heterocycles. The van der Waals surface area contributed by atoms with E-state index in [1.54, 1.807) is 0 Å². The van der Waals surface area contributed by atoms with E-state index in [1.807, 2.05) is 45.0 Å². The molecule has 2 bridgehead atoms. The van der Waals surface area contributed by atoms with Crippen LogP contribution >= 0.6 is 0 Å². The topological polar surface area (TPSA) is 49.4 Å². The zero-order valence-corrected chi connectivity index (χ0v) is 17.0. The molecule has 0 unspecified atom stereocenters. The Labute approximate surface area is 157 Å². The summed E-state index contributed by atoms with van der Waals surface area (Å²) < 4.78 is 0. The monoisotopic (exact) mass is 356 g/mol. The van der Waals surface area contributed by atoms with Crippen molar-refractivity contribution in [3.63, 3.8) is 0 Å². The highest BCUT2D eigenvalue weighted by Crippen LogP contribution is 2.52. The highest BCUT2D eigenvalue weighted by molar-refractivity contribution is 6.05. The van der Waals surface area contributed by atoms with Crippen molar-refractivity contribution >= 4 is 17.5 Å². The molecule has 4 heteroatoms. The summed E-state index contributed by atoms with van der Waals surface area (Å²) in [4.78, 5) is 27.8. The van der Waals surface area contributed by atoms with Crippen molar-refractivity contribution in [1.29, 1.82) is 0 Å². The fourth-order valence-electron chi connectivity index (χ4n) is 4.94. The van der Waals surface area contributed by atoms with Gasteiger partial charge >= 0.3 is 0 Å². The molecule has 1 aliphatic heterocycles. The number of para-hydroxylation sites is 1. The summed E-state index contributed by atoms with van der Waals surface area (Å²) in [5, 5.41) is 2.95. The van der Waals surface area contributed by atoms with Crippen LogP contribution in [0.4, 0.5) is 5.69 Å². The third kappa shape index (κ3) is 3.65. The summed E-state index contributed by atoms with van der Waals surface area (Å²) in [6.45, 7) is 13.4. The number of fused-ring (bicyclic) bond motifs is 2. The van der Waals surface area contributed by atoms with Gasteiger partial charge in [-0.2, -0.15) is 0 Å². The Morgan fingerprint density at radius 2 is 1.77 bits per heavy atom. The average molecular weight is 357 g/mol. The van der Waals surface area contributed by atoms with E-state index in [-0.39, 0.29) is 22.6 Å². The summed E-state index contributed by atoms with van der Waals surface area (Å²) in [6.07, 6.45) is 3.28. The van der Waals surface area contributed by atoms with Crippen LogP contribution in [0.1, 0.15) is 71.2 Å². The number of benzene rings is 1. The lowest BCUT2D eigenvalue weighted by Crippen LogP contribution is -2.38. The van der Waals surface area contributed by atoms with E-state index < -0.39 is 5.41 Å². The molecule has 3 rings (SSSR count). The van der Waals surface area contributed by atoms with E-state index in [9.17, 15) is 9.59 Å². The minimum atomic E-state index is -0.502. The molecule has 1 saturated heterocycles. The van der Waals surface area contributed by atoms with Crippen LogP contribution in [0.3, 0.4) is 0 Å². The molecule has 0 radical (unpaired) electrons. The Morgan fingerprint density at radius 1 is 1.12 bits per heavy atom. The number of anilines is 1. The number of amides is 2. The van der Waals surface area contributed by atoms with Crippen LogP contribution in [-0.4, -0.2) is 29.3 Å². The quantitative estimate of drug-likeness (QED) is 0.834. The van der Waals surface area contributed by atoms with E-state index in [0.717, 1.165) is 25.8 Å². The Morgan fingerprint density at radius 3 is 2.42 bits per heavy atom. The minimum absolute atomic E-state index is 0.0428. The Bertz CT molecular complexity index is 732. The highest BCUT2D eigenvalue weighted by Gasteiger charge is 2.51. The average Bonchev–Trinajstić information content (AvgIpc) is 2.75. The third-order valence-corrected chi connectivity index (χ3v) is 5.76. The van der Waals surface area contributed by atoms with Crippen LogP contribution in [0, 0.1) is 16.2 Å². The molecular weight excluding hydrogens is 324 g/mol. The van der Waals surface area contributed by atoms with Gasteiger partial charge in [0.15, 0.2) is 0 Å². The molecule has 0 aromatic heterocycles. The summed E-state index contributed by atoms with van der Waals surface area (Å²) in [6, 6.07) is 7.68. The summed E-state index contributed by atoms with van der Waals surface area (Å²) in [5.41, 5.74) is 1.18. The van der Waals surface area contributed by atoms with Crippen molar-refractivity contribution in [2.45, 2.75) is 66.8 Å². The summed E-state index contributed by atoms with van der Waals surface area (Å²) in [5.74, 6) is -0.0350. The predicted molar refractivity (Wildman–Crippen MR) is 105 cm³/mol. The molecule has 2 fully saturated rings. The highest BCUT2D eigenvalue weighted by atomic mass is 16.2. The molecule has 1 aromatic carbocycles. The molecule has 142 valence electrons. The molecule has 2 aliphatic rings. The first-order valence-corrected chi connectivity index (χ1v) is 9.62. The zero-order chi connectivity index (χ0) is 19.3. The fraction of sp³-hybridized carbons (Fsp3) is 0.636. The number of likely N-dealkylation sites (tertiary alicyclic amines) is 1. The van der Waals surface area contributed by atoms with E-state index in [1.165, 1.54) is 0 Å². The number of carbonyl (C=O) groups excluding carboxylic acids is 2. The second-order valence-corrected chi connectivity index (χ2v) is 10.4. The number of rotatable bonds is 2. The van der Waals surface area contributed by atoms with Gasteiger partial charge < -0.3 is 10.2 Å². The molecule has 0 spiro atoms. The molecule has 1 saturated carbocycles. The smallest absolute Gasteiger partial charge is 0.256 e. The zero-order valence-electron chi connectivity index (χ0n) is 17.0. The van der Waals surface area contributed by atoms with Gasteiger partial charge in [-0.05, 0) is 42.2 Å². The van der Waals surface area contributed by atoms with Crippen LogP contribution in [0.5, 0.6) is 0 Å². The van der Waals surface area contributed by atoms with Crippen LogP contribution < -0.4 is 5.32 Å². The first kappa shape index (κ1) is 18.9. The lowest BCUT2D eigenvalue weighted by Gasteiger charge is -2.39. The van der Waals surface area contributed by atoms with Gasteiger partial charge in [0.05, 0.1) is 11.3 Å². The number of hydrogen-bond donors (Lipinski definition) is 1. The van der Waals surface area contributed by atoms with Crippen molar-refractivity contribution in [2.24, 2.45) is 16.2 Å². The number of nitrogens with zero attached hydrogens (tertiary/aromatic N) is 1. The maximum Gasteiger partial charge on any atom is 0.256 e. The Hall–Kier alpha value is -1.84. The molecule has 1 aromatic rings. The van der Waals surface area contributed by atoms with Crippen molar-refractivity contribution < 1.29 is 9.59 Å². The van der Waals surface area contributed by atoms with Crippen molar-refractivity contribution in [1.82, 2.24) is 4.90 Å². The van der Waals surface area contributed by atoms with Gasteiger partial charge in [0.2, 0.25) is 5.91 Å². The lowest BCUT2D eigenvalue weighted by atomic mass is 9.65. The summed E-state index contributed by atoms with van der Waals surface area (Å²) >= 11 is 0. The van der Waals surface area contributed by atoms with Gasteiger partial charge in [0.25, 0.3) is 5.91 Å².